The van der Waals surface area contributed by atoms with Gasteiger partial charge in [-0.2, -0.15) is 0 Å². The van der Waals surface area contributed by atoms with Crippen LogP contribution in [0.3, 0.4) is 0 Å². The Morgan fingerprint density at radius 1 is 1.25 bits per heavy atom. The summed E-state index contributed by atoms with van der Waals surface area (Å²) in [6, 6.07) is 8.54. The van der Waals surface area contributed by atoms with Crippen molar-refractivity contribution in [1.82, 2.24) is 9.80 Å². The summed E-state index contributed by atoms with van der Waals surface area (Å²) in [6.07, 6.45) is 3.21. The van der Waals surface area contributed by atoms with Crippen LogP contribution in [-0.4, -0.2) is 53.6 Å². The van der Waals surface area contributed by atoms with Crippen LogP contribution >= 0.6 is 0 Å². The van der Waals surface area contributed by atoms with Crippen LogP contribution in [0.25, 0.3) is 0 Å². The molecule has 2 heterocycles. The molecule has 1 aromatic carbocycles. The highest BCUT2D eigenvalue weighted by molar-refractivity contribution is 5.81. The van der Waals surface area contributed by atoms with E-state index >= 15 is 0 Å². The Morgan fingerprint density at radius 3 is 2.75 bits per heavy atom. The van der Waals surface area contributed by atoms with Crippen LogP contribution < -0.4 is 0 Å². The van der Waals surface area contributed by atoms with Crippen molar-refractivity contribution in [1.29, 1.82) is 0 Å². The SMILES string of the molecule is Cc1ccccc1CN1CCC2CN(C(=O)C3CC3)CC2(CO)C1. The Kier molecular flexibility index (Phi) is 4.13. The second-order valence-electron chi connectivity index (χ2n) is 8.14. The molecule has 1 aromatic rings. The Hall–Kier alpha value is -1.39. The minimum absolute atomic E-state index is 0.120. The molecule has 0 aromatic heterocycles. The van der Waals surface area contributed by atoms with Gasteiger partial charge in [-0.15, -0.1) is 0 Å². The molecule has 2 atom stereocenters. The van der Waals surface area contributed by atoms with E-state index in [2.05, 4.69) is 41.0 Å². The molecule has 130 valence electrons. The highest BCUT2D eigenvalue weighted by atomic mass is 16.3. The first kappa shape index (κ1) is 16.1. The summed E-state index contributed by atoms with van der Waals surface area (Å²) in [4.78, 5) is 17.0. The van der Waals surface area contributed by atoms with E-state index in [4.69, 9.17) is 0 Å². The van der Waals surface area contributed by atoms with E-state index in [1.165, 1.54) is 11.1 Å². The van der Waals surface area contributed by atoms with Crippen LogP contribution in [0.1, 0.15) is 30.4 Å². The fraction of sp³-hybridized carbons (Fsp3) is 0.650. The molecule has 4 nitrogen and oxygen atoms in total. The molecule has 2 aliphatic heterocycles. The number of amides is 1. The number of fused-ring (bicyclic) bond motifs is 1. The minimum Gasteiger partial charge on any atom is -0.396 e. The van der Waals surface area contributed by atoms with Crippen molar-refractivity contribution < 1.29 is 9.90 Å². The van der Waals surface area contributed by atoms with E-state index in [9.17, 15) is 9.90 Å². The number of hydrogen-bond acceptors (Lipinski definition) is 3. The standard InChI is InChI=1S/C20H28N2O2/c1-15-4-2-3-5-17(15)10-21-9-8-18-11-22(19(24)16-6-7-16)13-20(18,12-21)14-23/h2-5,16,18,23H,6-14H2,1H3. The van der Waals surface area contributed by atoms with Crippen LogP contribution in [0.5, 0.6) is 0 Å². The van der Waals surface area contributed by atoms with Crippen LogP contribution in [0.4, 0.5) is 0 Å². The molecule has 3 aliphatic rings. The molecule has 1 aliphatic carbocycles. The number of hydrogen-bond donors (Lipinski definition) is 1. The maximum absolute atomic E-state index is 12.5. The molecule has 4 heteroatoms. The number of benzene rings is 1. The van der Waals surface area contributed by atoms with Gasteiger partial charge in [0.15, 0.2) is 0 Å². The number of aliphatic hydroxyl groups is 1. The smallest absolute Gasteiger partial charge is 0.225 e. The average molecular weight is 328 g/mol. The van der Waals surface area contributed by atoms with Crippen LogP contribution in [-0.2, 0) is 11.3 Å². The molecule has 2 unspecified atom stereocenters. The fourth-order valence-electron chi connectivity index (χ4n) is 4.62. The van der Waals surface area contributed by atoms with Crippen molar-refractivity contribution in [3.05, 3.63) is 35.4 Å². The third-order valence-corrected chi connectivity index (χ3v) is 6.35. The van der Waals surface area contributed by atoms with E-state index in [0.29, 0.717) is 11.8 Å². The number of rotatable bonds is 4. The molecule has 1 amide bonds. The molecule has 4 rings (SSSR count). The molecule has 3 fully saturated rings. The molecule has 1 N–H and O–H groups in total. The summed E-state index contributed by atoms with van der Waals surface area (Å²) in [5, 5.41) is 10.2. The molecular weight excluding hydrogens is 300 g/mol. The third-order valence-electron chi connectivity index (χ3n) is 6.35. The Morgan fingerprint density at radius 2 is 2.04 bits per heavy atom. The maximum Gasteiger partial charge on any atom is 0.225 e. The highest BCUT2D eigenvalue weighted by Gasteiger charge is 2.51. The number of nitrogens with zero attached hydrogens (tertiary/aromatic N) is 2. The van der Waals surface area contributed by atoms with Crippen LogP contribution in [0.15, 0.2) is 24.3 Å². The van der Waals surface area contributed by atoms with Crippen molar-refractivity contribution in [2.24, 2.45) is 17.3 Å². The van der Waals surface area contributed by atoms with Gasteiger partial charge >= 0.3 is 0 Å². The lowest BCUT2D eigenvalue weighted by molar-refractivity contribution is -0.132. The normalized spacial score (nSPS) is 30.4. The van der Waals surface area contributed by atoms with E-state index in [0.717, 1.165) is 52.0 Å². The summed E-state index contributed by atoms with van der Waals surface area (Å²) in [6.45, 7) is 6.86. The van der Waals surface area contributed by atoms with E-state index in [1.807, 2.05) is 0 Å². The summed E-state index contributed by atoms with van der Waals surface area (Å²) in [7, 11) is 0. The molecule has 0 bridgehead atoms. The van der Waals surface area contributed by atoms with Crippen molar-refractivity contribution in [3.63, 3.8) is 0 Å². The number of likely N-dealkylation sites (tertiary alicyclic amines) is 2. The van der Waals surface area contributed by atoms with Crippen molar-refractivity contribution in [3.8, 4) is 0 Å². The highest BCUT2D eigenvalue weighted by Crippen LogP contribution is 2.44. The van der Waals surface area contributed by atoms with Gasteiger partial charge < -0.3 is 10.0 Å². The van der Waals surface area contributed by atoms with Crippen molar-refractivity contribution in [2.45, 2.75) is 32.7 Å². The monoisotopic (exact) mass is 328 g/mol. The number of aryl methyl sites for hydroxylation is 1. The van der Waals surface area contributed by atoms with Gasteiger partial charge in [0, 0.05) is 37.5 Å². The molecule has 24 heavy (non-hydrogen) atoms. The predicted octanol–water partition coefficient (Wildman–Crippen LogP) is 2.05. The largest absolute Gasteiger partial charge is 0.396 e. The van der Waals surface area contributed by atoms with Gasteiger partial charge in [-0.25, -0.2) is 0 Å². The number of carbonyl (C=O) groups is 1. The lowest BCUT2D eigenvalue weighted by Crippen LogP contribution is -2.50. The fourth-order valence-corrected chi connectivity index (χ4v) is 4.62. The quantitative estimate of drug-likeness (QED) is 0.920. The first-order valence-electron chi connectivity index (χ1n) is 9.28. The van der Waals surface area contributed by atoms with Gasteiger partial charge in [0.25, 0.3) is 0 Å². The molecule has 0 spiro atoms. The van der Waals surface area contributed by atoms with Crippen molar-refractivity contribution >= 4 is 5.91 Å². The zero-order valence-corrected chi connectivity index (χ0v) is 14.6. The lowest BCUT2D eigenvalue weighted by Gasteiger charge is -2.43. The van der Waals surface area contributed by atoms with E-state index < -0.39 is 0 Å². The lowest BCUT2D eigenvalue weighted by atomic mass is 9.74. The number of aliphatic hydroxyl groups excluding tert-OH is 1. The summed E-state index contributed by atoms with van der Waals surface area (Å²) in [5.74, 6) is 1.07. The molecule has 2 saturated heterocycles. The molecule has 0 radical (unpaired) electrons. The Labute approximate surface area is 144 Å². The van der Waals surface area contributed by atoms with Gasteiger partial charge in [-0.3, -0.25) is 9.69 Å². The topological polar surface area (TPSA) is 43.8 Å². The summed E-state index contributed by atoms with van der Waals surface area (Å²) < 4.78 is 0. The summed E-state index contributed by atoms with van der Waals surface area (Å²) >= 11 is 0. The second-order valence-corrected chi connectivity index (χ2v) is 8.14. The third kappa shape index (κ3) is 2.86. The first-order chi connectivity index (χ1) is 11.6. The minimum atomic E-state index is -0.120. The summed E-state index contributed by atoms with van der Waals surface area (Å²) in [5.41, 5.74) is 2.58. The van der Waals surface area contributed by atoms with Gasteiger partial charge in [-0.1, -0.05) is 24.3 Å². The zero-order valence-electron chi connectivity index (χ0n) is 14.6. The van der Waals surface area contributed by atoms with Gasteiger partial charge in [-0.05, 0) is 49.8 Å². The Bertz CT molecular complexity index is 628. The average Bonchev–Trinajstić information content (AvgIpc) is 3.36. The van der Waals surface area contributed by atoms with Crippen LogP contribution in [0, 0.1) is 24.2 Å². The van der Waals surface area contributed by atoms with Gasteiger partial charge in [0.1, 0.15) is 0 Å². The van der Waals surface area contributed by atoms with Gasteiger partial charge in [0.2, 0.25) is 5.91 Å². The van der Waals surface area contributed by atoms with Gasteiger partial charge in [0.05, 0.1) is 6.61 Å². The molecule has 1 saturated carbocycles. The first-order valence-corrected chi connectivity index (χ1v) is 9.28. The maximum atomic E-state index is 12.5. The van der Waals surface area contributed by atoms with Crippen LogP contribution in [0.2, 0.25) is 0 Å². The zero-order chi connectivity index (χ0) is 16.7. The molecular formula is C20H28N2O2. The predicted molar refractivity (Wildman–Crippen MR) is 93.4 cm³/mol. The Balaban J connectivity index is 1.47. The number of carbonyl (C=O) groups excluding carboxylic acids is 1. The van der Waals surface area contributed by atoms with E-state index in [1.54, 1.807) is 0 Å². The second kappa shape index (κ2) is 6.16. The van der Waals surface area contributed by atoms with E-state index in [-0.39, 0.29) is 17.9 Å². The number of piperidine rings is 1. The van der Waals surface area contributed by atoms with Crippen molar-refractivity contribution in [2.75, 3.05) is 32.8 Å².